The summed E-state index contributed by atoms with van der Waals surface area (Å²) in [6.45, 7) is 5.86. The molecule has 0 saturated carbocycles. The Labute approximate surface area is 112 Å². The first-order valence-electron chi connectivity index (χ1n) is 6.03. The number of fused-ring (bicyclic) bond motifs is 1. The second-order valence-electron chi connectivity index (χ2n) is 4.70. The van der Waals surface area contributed by atoms with Gasteiger partial charge in [-0.05, 0) is 55.9 Å². The summed E-state index contributed by atoms with van der Waals surface area (Å²) in [5, 5.41) is 9.94. The summed E-state index contributed by atoms with van der Waals surface area (Å²) in [5.74, 6) is 0.233. The maximum absolute atomic E-state index is 11.6. The van der Waals surface area contributed by atoms with Crippen molar-refractivity contribution in [1.29, 1.82) is 0 Å². The molecule has 0 saturated heterocycles. The van der Waals surface area contributed by atoms with Crippen LogP contribution in [0.15, 0.2) is 4.90 Å². The van der Waals surface area contributed by atoms with Crippen molar-refractivity contribution in [3.8, 4) is 5.75 Å². The molecule has 0 radical (unpaired) electrons. The van der Waals surface area contributed by atoms with E-state index in [1.165, 1.54) is 12.7 Å². The lowest BCUT2D eigenvalue weighted by Crippen LogP contribution is -2.23. The van der Waals surface area contributed by atoms with Gasteiger partial charge in [-0.1, -0.05) is 0 Å². The number of carbonyl (C=O) groups is 1. The average molecular weight is 266 g/mol. The molecule has 1 N–H and O–H groups in total. The van der Waals surface area contributed by atoms with Crippen LogP contribution in [0.1, 0.15) is 28.7 Å². The van der Waals surface area contributed by atoms with E-state index in [0.717, 1.165) is 34.4 Å². The Hall–Kier alpha value is -1.16. The Morgan fingerprint density at radius 2 is 1.94 bits per heavy atom. The molecule has 98 valence electrons. The minimum absolute atomic E-state index is 0.121. The summed E-state index contributed by atoms with van der Waals surface area (Å²) in [6, 6.07) is 0. The molecule has 4 heteroatoms. The first kappa shape index (κ1) is 13.3. The summed E-state index contributed by atoms with van der Waals surface area (Å²) < 4.78 is 4.82. The molecule has 0 aliphatic carbocycles. The van der Waals surface area contributed by atoms with Gasteiger partial charge in [-0.3, -0.25) is 4.79 Å². The second-order valence-corrected chi connectivity index (χ2v) is 5.91. The zero-order valence-corrected chi connectivity index (χ0v) is 12.0. The minimum atomic E-state index is -0.159. The largest absolute Gasteiger partial charge is 0.507 e. The Kier molecular flexibility index (Phi) is 3.57. The first-order valence-corrected chi connectivity index (χ1v) is 6.91. The zero-order valence-electron chi connectivity index (χ0n) is 11.2. The predicted molar refractivity (Wildman–Crippen MR) is 72.3 cm³/mol. The molecule has 0 aromatic heterocycles. The highest BCUT2D eigenvalue weighted by Gasteiger charge is 2.29. The van der Waals surface area contributed by atoms with Crippen LogP contribution in [0.4, 0.5) is 0 Å². The van der Waals surface area contributed by atoms with Gasteiger partial charge in [0.05, 0.1) is 7.11 Å². The number of ether oxygens (including phenoxy) is 1. The van der Waals surface area contributed by atoms with Crippen LogP contribution in [0.3, 0.4) is 0 Å². The molecule has 1 atom stereocenters. The standard InChI is InChI=1S/C14H18O3S/c1-7-8(2)13-10(9(3)12(7)15)5-6-11(18-13)14(16)17-4/h11,15H,5-6H2,1-4H3. The van der Waals surface area contributed by atoms with Crippen LogP contribution in [0.5, 0.6) is 5.75 Å². The molecule has 1 aliphatic heterocycles. The van der Waals surface area contributed by atoms with Crippen molar-refractivity contribution in [3.63, 3.8) is 0 Å². The van der Waals surface area contributed by atoms with E-state index in [9.17, 15) is 9.90 Å². The third-order valence-corrected chi connectivity index (χ3v) is 5.22. The van der Waals surface area contributed by atoms with Gasteiger partial charge in [0.2, 0.25) is 0 Å². The molecular formula is C14H18O3S. The van der Waals surface area contributed by atoms with Gasteiger partial charge in [0.15, 0.2) is 0 Å². The molecule has 1 aromatic rings. The van der Waals surface area contributed by atoms with Crippen LogP contribution in [-0.4, -0.2) is 23.4 Å². The normalized spacial score (nSPS) is 18.3. The third-order valence-electron chi connectivity index (χ3n) is 3.72. The number of hydrogen-bond acceptors (Lipinski definition) is 4. The van der Waals surface area contributed by atoms with Crippen LogP contribution >= 0.6 is 11.8 Å². The SMILES string of the molecule is COC(=O)C1CCc2c(C)c(O)c(C)c(C)c2S1. The van der Waals surface area contributed by atoms with Gasteiger partial charge in [-0.15, -0.1) is 11.8 Å². The van der Waals surface area contributed by atoms with Crippen molar-refractivity contribution in [1.82, 2.24) is 0 Å². The molecule has 18 heavy (non-hydrogen) atoms. The summed E-state index contributed by atoms with van der Waals surface area (Å²) in [7, 11) is 1.43. The highest BCUT2D eigenvalue weighted by molar-refractivity contribution is 8.00. The Balaban J connectivity index is 2.47. The number of hydrogen-bond donors (Lipinski definition) is 1. The van der Waals surface area contributed by atoms with Crippen molar-refractivity contribution in [3.05, 3.63) is 22.3 Å². The maximum atomic E-state index is 11.6. The topological polar surface area (TPSA) is 46.5 Å². The molecule has 0 spiro atoms. The fourth-order valence-corrected chi connectivity index (χ4v) is 3.84. The number of rotatable bonds is 1. The van der Waals surface area contributed by atoms with Gasteiger partial charge in [0.1, 0.15) is 11.0 Å². The first-order chi connectivity index (χ1) is 8.47. The zero-order chi connectivity index (χ0) is 13.4. The molecular weight excluding hydrogens is 248 g/mol. The van der Waals surface area contributed by atoms with Gasteiger partial charge in [0, 0.05) is 4.90 Å². The molecule has 1 heterocycles. The van der Waals surface area contributed by atoms with Gasteiger partial charge < -0.3 is 9.84 Å². The van der Waals surface area contributed by atoms with Crippen LogP contribution in [-0.2, 0) is 16.0 Å². The molecule has 0 fully saturated rings. The van der Waals surface area contributed by atoms with E-state index in [2.05, 4.69) is 0 Å². The maximum Gasteiger partial charge on any atom is 0.319 e. The van der Waals surface area contributed by atoms with E-state index >= 15 is 0 Å². The van der Waals surface area contributed by atoms with Crippen LogP contribution in [0.25, 0.3) is 0 Å². The molecule has 1 aliphatic rings. The smallest absolute Gasteiger partial charge is 0.319 e. The molecule has 3 nitrogen and oxygen atoms in total. The van der Waals surface area contributed by atoms with Gasteiger partial charge in [0.25, 0.3) is 0 Å². The summed E-state index contributed by atoms with van der Waals surface area (Å²) in [5.41, 5.74) is 4.11. The lowest BCUT2D eigenvalue weighted by molar-refractivity contribution is -0.140. The lowest BCUT2D eigenvalue weighted by atomic mass is 9.95. The van der Waals surface area contributed by atoms with E-state index in [-0.39, 0.29) is 11.2 Å². The highest BCUT2D eigenvalue weighted by atomic mass is 32.2. The molecule has 2 rings (SSSR count). The number of phenols is 1. The van der Waals surface area contributed by atoms with Crippen molar-refractivity contribution in [2.24, 2.45) is 0 Å². The molecule has 1 aromatic carbocycles. The predicted octanol–water partition coefficient (Wildman–Crippen LogP) is 2.90. The van der Waals surface area contributed by atoms with Crippen molar-refractivity contribution in [2.45, 2.75) is 43.8 Å². The summed E-state index contributed by atoms with van der Waals surface area (Å²) in [4.78, 5) is 12.8. The second kappa shape index (κ2) is 4.84. The quantitative estimate of drug-likeness (QED) is 0.794. The number of phenolic OH excluding ortho intramolecular Hbond substituents is 1. The summed E-state index contributed by atoms with van der Waals surface area (Å²) in [6.07, 6.45) is 1.59. The Morgan fingerprint density at radius 3 is 2.56 bits per heavy atom. The highest BCUT2D eigenvalue weighted by Crippen LogP contribution is 2.44. The lowest BCUT2D eigenvalue weighted by Gasteiger charge is -2.27. The number of thioether (sulfide) groups is 1. The number of aromatic hydroxyl groups is 1. The monoisotopic (exact) mass is 266 g/mol. The van der Waals surface area contributed by atoms with Gasteiger partial charge in [-0.25, -0.2) is 0 Å². The van der Waals surface area contributed by atoms with Gasteiger partial charge >= 0.3 is 5.97 Å². The number of methoxy groups -OCH3 is 1. The average Bonchev–Trinajstić information content (AvgIpc) is 2.41. The third kappa shape index (κ3) is 1.99. The van der Waals surface area contributed by atoms with Crippen LogP contribution < -0.4 is 0 Å². The van der Waals surface area contributed by atoms with E-state index in [4.69, 9.17) is 4.74 Å². The number of esters is 1. The van der Waals surface area contributed by atoms with E-state index in [0.29, 0.717) is 5.75 Å². The molecule has 1 unspecified atom stereocenters. The van der Waals surface area contributed by atoms with Crippen molar-refractivity contribution >= 4 is 17.7 Å². The Bertz CT molecular complexity index is 508. The van der Waals surface area contributed by atoms with E-state index in [1.807, 2.05) is 20.8 Å². The van der Waals surface area contributed by atoms with Gasteiger partial charge in [-0.2, -0.15) is 0 Å². The molecule has 0 bridgehead atoms. The van der Waals surface area contributed by atoms with Crippen molar-refractivity contribution < 1.29 is 14.6 Å². The van der Waals surface area contributed by atoms with Crippen molar-refractivity contribution in [2.75, 3.05) is 7.11 Å². The Morgan fingerprint density at radius 1 is 1.28 bits per heavy atom. The fraction of sp³-hybridized carbons (Fsp3) is 0.500. The summed E-state index contributed by atoms with van der Waals surface area (Å²) >= 11 is 1.57. The fourth-order valence-electron chi connectivity index (χ4n) is 2.40. The van der Waals surface area contributed by atoms with Crippen LogP contribution in [0, 0.1) is 20.8 Å². The minimum Gasteiger partial charge on any atom is -0.507 e. The van der Waals surface area contributed by atoms with E-state index < -0.39 is 0 Å². The number of carbonyl (C=O) groups excluding carboxylic acids is 1. The molecule has 0 amide bonds. The van der Waals surface area contributed by atoms with Crippen LogP contribution in [0.2, 0.25) is 0 Å². The van der Waals surface area contributed by atoms with E-state index in [1.54, 1.807) is 11.8 Å². The number of benzene rings is 1.